The lowest BCUT2D eigenvalue weighted by atomic mass is 9.62. The molecule has 0 amide bonds. The number of ether oxygens (including phenoxy) is 1. The van der Waals surface area contributed by atoms with Crippen molar-refractivity contribution in [2.45, 2.75) is 117 Å². The van der Waals surface area contributed by atoms with Crippen LogP contribution < -0.4 is 0 Å². The van der Waals surface area contributed by atoms with Crippen LogP contribution in [0.3, 0.4) is 0 Å². The molecule has 196 valence electrons. The molecule has 0 radical (unpaired) electrons. The number of hydrogen-bond acceptors (Lipinski definition) is 2. The molecule has 0 spiro atoms. The third-order valence-corrected chi connectivity index (χ3v) is 8.28. The maximum Gasteiger partial charge on any atom is 0.337 e. The zero-order valence-corrected chi connectivity index (χ0v) is 23.9. The van der Waals surface area contributed by atoms with Gasteiger partial charge in [-0.15, -0.1) is 0 Å². The lowest BCUT2D eigenvalue weighted by molar-refractivity contribution is 0.0600. The molecule has 0 saturated carbocycles. The van der Waals surface area contributed by atoms with E-state index in [1.807, 2.05) is 24.3 Å². The van der Waals surface area contributed by atoms with E-state index in [4.69, 9.17) is 4.74 Å². The quantitative estimate of drug-likeness (QED) is 0.179. The van der Waals surface area contributed by atoms with E-state index in [0.29, 0.717) is 5.56 Å². The van der Waals surface area contributed by atoms with Crippen LogP contribution in [0, 0.1) is 0 Å². The molecule has 0 atom stereocenters. The number of benzene rings is 2. The minimum Gasteiger partial charge on any atom is -0.465 e. The Morgan fingerprint density at radius 2 is 1.44 bits per heavy atom. The van der Waals surface area contributed by atoms with Gasteiger partial charge in [-0.1, -0.05) is 104 Å². The van der Waals surface area contributed by atoms with E-state index >= 15 is 0 Å². The fourth-order valence-electron chi connectivity index (χ4n) is 5.66. The molecular weight excluding hydrogens is 440 g/mol. The topological polar surface area (TPSA) is 26.3 Å². The van der Waals surface area contributed by atoms with Crippen molar-refractivity contribution in [1.82, 2.24) is 0 Å². The van der Waals surface area contributed by atoms with Gasteiger partial charge in [0.1, 0.15) is 0 Å². The Morgan fingerprint density at radius 1 is 0.861 bits per heavy atom. The predicted molar refractivity (Wildman–Crippen MR) is 155 cm³/mol. The maximum atomic E-state index is 11.9. The highest BCUT2D eigenvalue weighted by Gasteiger charge is 2.37. The monoisotopic (exact) mass is 488 g/mol. The van der Waals surface area contributed by atoms with Crippen LogP contribution in [0.1, 0.15) is 138 Å². The van der Waals surface area contributed by atoms with Gasteiger partial charge in [0, 0.05) is 0 Å². The molecule has 2 aromatic rings. The summed E-state index contributed by atoms with van der Waals surface area (Å²) in [6.45, 7) is 14.2. The Kier molecular flexibility index (Phi) is 9.61. The number of methoxy groups -OCH3 is 1. The maximum absolute atomic E-state index is 11.9. The number of hydrogen-bond donors (Lipinski definition) is 0. The number of fused-ring (bicyclic) bond motifs is 1. The second-order valence-electron chi connectivity index (χ2n) is 12.0. The summed E-state index contributed by atoms with van der Waals surface area (Å²) in [5.41, 5.74) is 9.53. The first-order valence-corrected chi connectivity index (χ1v) is 14.2. The first kappa shape index (κ1) is 28.2. The summed E-state index contributed by atoms with van der Waals surface area (Å²) < 4.78 is 4.87. The van der Waals surface area contributed by atoms with Gasteiger partial charge in [-0.3, -0.25) is 0 Å². The van der Waals surface area contributed by atoms with Crippen LogP contribution in [-0.4, -0.2) is 13.1 Å². The standard InChI is InChI=1S/C34H48O2/c1-8-10-11-12-13-14-15-28-23-30-31(34(5,6)21-20-33(30,3)4)24-29(28)26(9-2)22-25-16-18-27(19-17-25)32(35)36-7/h16-19,22-24H,8-15,20-21H2,1-7H3. The average Bonchev–Trinajstić information content (AvgIpc) is 2.87. The summed E-state index contributed by atoms with van der Waals surface area (Å²) in [5.74, 6) is -0.290. The Bertz CT molecular complexity index is 1050. The lowest BCUT2D eigenvalue weighted by Crippen LogP contribution is -2.34. The largest absolute Gasteiger partial charge is 0.465 e. The molecular formula is C34H48O2. The molecule has 0 N–H and O–H groups in total. The predicted octanol–water partition coefficient (Wildman–Crippen LogP) is 9.68. The normalized spacial score (nSPS) is 16.5. The second-order valence-corrected chi connectivity index (χ2v) is 12.0. The number of aryl methyl sites for hydroxylation is 1. The average molecular weight is 489 g/mol. The Morgan fingerprint density at radius 3 is 2.03 bits per heavy atom. The third-order valence-electron chi connectivity index (χ3n) is 8.28. The van der Waals surface area contributed by atoms with Gasteiger partial charge in [-0.05, 0) is 88.5 Å². The molecule has 0 bridgehead atoms. The van der Waals surface area contributed by atoms with Crippen LogP contribution in [0.4, 0.5) is 0 Å². The van der Waals surface area contributed by atoms with E-state index in [9.17, 15) is 4.79 Å². The first-order chi connectivity index (χ1) is 17.1. The van der Waals surface area contributed by atoms with Crippen LogP contribution in [0.2, 0.25) is 0 Å². The van der Waals surface area contributed by atoms with Crippen molar-refractivity contribution in [2.24, 2.45) is 0 Å². The molecule has 0 saturated heterocycles. The fraction of sp³-hybridized carbons (Fsp3) is 0.559. The fourth-order valence-corrected chi connectivity index (χ4v) is 5.66. The van der Waals surface area contributed by atoms with Crippen molar-refractivity contribution in [1.29, 1.82) is 0 Å². The molecule has 2 nitrogen and oxygen atoms in total. The van der Waals surface area contributed by atoms with E-state index in [-0.39, 0.29) is 16.8 Å². The van der Waals surface area contributed by atoms with Crippen molar-refractivity contribution in [3.05, 3.63) is 69.8 Å². The van der Waals surface area contributed by atoms with Gasteiger partial charge < -0.3 is 4.74 Å². The smallest absolute Gasteiger partial charge is 0.337 e. The molecule has 2 aromatic carbocycles. The number of esters is 1. The second kappa shape index (κ2) is 12.3. The highest BCUT2D eigenvalue weighted by atomic mass is 16.5. The third kappa shape index (κ3) is 6.69. The Labute approximate surface area is 220 Å². The van der Waals surface area contributed by atoms with Crippen molar-refractivity contribution >= 4 is 17.6 Å². The van der Waals surface area contributed by atoms with Crippen molar-refractivity contribution in [3.63, 3.8) is 0 Å². The van der Waals surface area contributed by atoms with Gasteiger partial charge in [-0.25, -0.2) is 4.79 Å². The van der Waals surface area contributed by atoms with Crippen LogP contribution in [0.5, 0.6) is 0 Å². The molecule has 1 aliphatic rings. The zero-order chi connectivity index (χ0) is 26.3. The summed E-state index contributed by atoms with van der Waals surface area (Å²) in [6.07, 6.45) is 14.8. The summed E-state index contributed by atoms with van der Waals surface area (Å²) in [7, 11) is 1.43. The molecule has 0 aliphatic heterocycles. The number of carbonyl (C=O) groups excluding carboxylic acids is 1. The number of carbonyl (C=O) groups is 1. The molecule has 1 aliphatic carbocycles. The number of rotatable bonds is 11. The molecule has 0 unspecified atom stereocenters. The zero-order valence-electron chi connectivity index (χ0n) is 23.9. The van der Waals surface area contributed by atoms with Gasteiger partial charge in [0.05, 0.1) is 12.7 Å². The number of allylic oxidation sites excluding steroid dienone is 1. The van der Waals surface area contributed by atoms with Gasteiger partial charge >= 0.3 is 5.97 Å². The summed E-state index contributed by atoms with van der Waals surface area (Å²) >= 11 is 0. The van der Waals surface area contributed by atoms with E-state index in [2.05, 4.69) is 59.8 Å². The van der Waals surface area contributed by atoms with Gasteiger partial charge in [-0.2, -0.15) is 0 Å². The number of unbranched alkanes of at least 4 members (excludes halogenated alkanes) is 5. The van der Waals surface area contributed by atoms with E-state index in [0.717, 1.165) is 18.4 Å². The van der Waals surface area contributed by atoms with Gasteiger partial charge in [0.2, 0.25) is 0 Å². The molecule has 2 heteroatoms. The van der Waals surface area contributed by atoms with Crippen LogP contribution in [0.25, 0.3) is 11.6 Å². The highest BCUT2D eigenvalue weighted by Crippen LogP contribution is 2.47. The molecule has 0 fully saturated rings. The summed E-state index contributed by atoms with van der Waals surface area (Å²) in [5, 5.41) is 0. The van der Waals surface area contributed by atoms with E-state index < -0.39 is 0 Å². The SMILES string of the molecule is CCCCCCCCc1cc2c(cc1C(=Cc1ccc(C(=O)OC)cc1)CC)C(C)(C)CCC2(C)C. The van der Waals surface area contributed by atoms with Crippen LogP contribution >= 0.6 is 0 Å². The van der Waals surface area contributed by atoms with Gasteiger partial charge in [0.25, 0.3) is 0 Å². The lowest BCUT2D eigenvalue weighted by Gasteiger charge is -2.42. The van der Waals surface area contributed by atoms with E-state index in [1.165, 1.54) is 80.7 Å². The minimum absolute atomic E-state index is 0.194. The Balaban J connectivity index is 2.02. The molecule has 36 heavy (non-hydrogen) atoms. The van der Waals surface area contributed by atoms with Crippen LogP contribution in [0.15, 0.2) is 36.4 Å². The molecule has 0 aromatic heterocycles. The van der Waals surface area contributed by atoms with Crippen LogP contribution in [-0.2, 0) is 22.0 Å². The molecule has 0 heterocycles. The molecule has 3 rings (SSSR count). The highest BCUT2D eigenvalue weighted by molar-refractivity contribution is 5.90. The van der Waals surface area contributed by atoms with Crippen molar-refractivity contribution < 1.29 is 9.53 Å². The van der Waals surface area contributed by atoms with Gasteiger partial charge in [0.15, 0.2) is 0 Å². The minimum atomic E-state index is -0.290. The summed E-state index contributed by atoms with van der Waals surface area (Å²) in [4.78, 5) is 11.9. The Hall–Kier alpha value is -2.35. The first-order valence-electron chi connectivity index (χ1n) is 14.2. The van der Waals surface area contributed by atoms with Crippen molar-refractivity contribution in [3.8, 4) is 0 Å². The summed E-state index contributed by atoms with van der Waals surface area (Å²) in [6, 6.07) is 12.9. The van der Waals surface area contributed by atoms with E-state index in [1.54, 1.807) is 5.56 Å². The van der Waals surface area contributed by atoms with Crippen molar-refractivity contribution in [2.75, 3.05) is 7.11 Å².